The topological polar surface area (TPSA) is 67.6 Å². The molecule has 2 atom stereocenters. The molecule has 1 heterocycles. The molecular formula is C14H29N3O2. The molecule has 0 saturated carbocycles. The standard InChI is InChI=1S/C14H29N3O2/c1-11(2)16-14(3,13(15)18)7-9-17-8-5-6-12(10-17)19-4/h11-12,16H,5-10H2,1-4H3,(H2,15,18). The molecule has 1 rings (SSSR count). The van der Waals surface area contributed by atoms with Crippen LogP contribution < -0.4 is 11.1 Å². The number of hydrogen-bond acceptors (Lipinski definition) is 4. The SMILES string of the molecule is COC1CCCN(CCC(C)(NC(C)C)C(N)=O)C1. The molecule has 1 aliphatic rings. The Morgan fingerprint density at radius 3 is 2.79 bits per heavy atom. The first kappa shape index (κ1) is 16.4. The molecule has 0 aromatic carbocycles. The van der Waals surface area contributed by atoms with Crippen LogP contribution in [0.1, 0.15) is 40.0 Å². The fraction of sp³-hybridized carbons (Fsp3) is 0.929. The highest BCUT2D eigenvalue weighted by molar-refractivity contribution is 5.84. The Bertz CT molecular complexity index is 296. The average molecular weight is 271 g/mol. The summed E-state index contributed by atoms with van der Waals surface area (Å²) in [6, 6.07) is 0.241. The van der Waals surface area contributed by atoms with Gasteiger partial charge in [0.25, 0.3) is 0 Å². The second-order valence-electron chi connectivity index (χ2n) is 6.05. The van der Waals surface area contributed by atoms with Crippen molar-refractivity contribution >= 4 is 5.91 Å². The minimum atomic E-state index is -0.631. The maximum absolute atomic E-state index is 11.7. The maximum atomic E-state index is 11.7. The van der Waals surface area contributed by atoms with Crippen molar-refractivity contribution in [1.29, 1.82) is 0 Å². The lowest BCUT2D eigenvalue weighted by molar-refractivity contribution is -0.124. The Morgan fingerprint density at radius 2 is 2.26 bits per heavy atom. The van der Waals surface area contributed by atoms with Crippen LogP contribution in [0.5, 0.6) is 0 Å². The first-order valence-corrected chi connectivity index (χ1v) is 7.20. The summed E-state index contributed by atoms with van der Waals surface area (Å²) in [5.41, 5.74) is 4.91. The molecule has 19 heavy (non-hydrogen) atoms. The molecular weight excluding hydrogens is 242 g/mol. The van der Waals surface area contributed by atoms with E-state index in [0.29, 0.717) is 6.10 Å². The van der Waals surface area contributed by atoms with Gasteiger partial charge in [-0.05, 0) is 46.6 Å². The van der Waals surface area contributed by atoms with Crippen LogP contribution in [0.15, 0.2) is 0 Å². The minimum absolute atomic E-state index is 0.241. The third-order valence-electron chi connectivity index (χ3n) is 3.87. The molecule has 1 fully saturated rings. The molecule has 1 amide bonds. The summed E-state index contributed by atoms with van der Waals surface area (Å²) in [4.78, 5) is 14.0. The number of carbonyl (C=O) groups excluding carboxylic acids is 1. The van der Waals surface area contributed by atoms with Crippen LogP contribution >= 0.6 is 0 Å². The summed E-state index contributed by atoms with van der Waals surface area (Å²) in [5.74, 6) is -0.276. The average Bonchev–Trinajstić information content (AvgIpc) is 2.35. The van der Waals surface area contributed by atoms with Gasteiger partial charge in [-0.15, -0.1) is 0 Å². The lowest BCUT2D eigenvalue weighted by atomic mass is 9.95. The number of likely N-dealkylation sites (tertiary alicyclic amines) is 1. The monoisotopic (exact) mass is 271 g/mol. The summed E-state index contributed by atoms with van der Waals surface area (Å²) in [6.45, 7) is 8.86. The second kappa shape index (κ2) is 7.22. The number of methoxy groups -OCH3 is 1. The molecule has 0 bridgehead atoms. The first-order chi connectivity index (χ1) is 8.87. The molecule has 112 valence electrons. The predicted octanol–water partition coefficient (Wildman–Crippen LogP) is 0.729. The molecule has 1 saturated heterocycles. The summed E-state index contributed by atoms with van der Waals surface area (Å²) in [6.07, 6.45) is 3.34. The second-order valence-corrected chi connectivity index (χ2v) is 6.05. The van der Waals surface area contributed by atoms with Crippen molar-refractivity contribution in [3.8, 4) is 0 Å². The fourth-order valence-electron chi connectivity index (χ4n) is 2.69. The quantitative estimate of drug-likeness (QED) is 0.716. The number of ether oxygens (including phenoxy) is 1. The van der Waals surface area contributed by atoms with Crippen LogP contribution in [-0.4, -0.2) is 55.2 Å². The Morgan fingerprint density at radius 1 is 1.58 bits per heavy atom. The van der Waals surface area contributed by atoms with E-state index in [2.05, 4.69) is 10.2 Å². The number of piperidine rings is 1. The highest BCUT2D eigenvalue weighted by Crippen LogP contribution is 2.16. The number of nitrogens with two attached hydrogens (primary N) is 1. The van der Waals surface area contributed by atoms with Gasteiger partial charge in [-0.1, -0.05) is 0 Å². The van der Waals surface area contributed by atoms with Gasteiger partial charge < -0.3 is 20.7 Å². The normalized spacial score (nSPS) is 24.4. The molecule has 0 radical (unpaired) electrons. The summed E-state index contributed by atoms with van der Waals surface area (Å²) < 4.78 is 5.42. The van der Waals surface area contributed by atoms with Gasteiger partial charge in [-0.3, -0.25) is 4.79 Å². The van der Waals surface area contributed by atoms with Gasteiger partial charge in [0.1, 0.15) is 0 Å². The van der Waals surface area contributed by atoms with E-state index in [1.165, 1.54) is 0 Å². The summed E-state index contributed by atoms with van der Waals surface area (Å²) >= 11 is 0. The zero-order valence-electron chi connectivity index (χ0n) is 12.7. The van der Waals surface area contributed by atoms with Crippen LogP contribution in [0.3, 0.4) is 0 Å². The van der Waals surface area contributed by atoms with Crippen molar-refractivity contribution in [2.45, 2.75) is 57.7 Å². The van der Waals surface area contributed by atoms with Crippen molar-refractivity contribution in [1.82, 2.24) is 10.2 Å². The molecule has 0 aromatic heterocycles. The molecule has 5 heteroatoms. The zero-order valence-corrected chi connectivity index (χ0v) is 12.7. The molecule has 5 nitrogen and oxygen atoms in total. The van der Waals surface area contributed by atoms with Gasteiger partial charge in [0.2, 0.25) is 5.91 Å². The maximum Gasteiger partial charge on any atom is 0.237 e. The smallest absolute Gasteiger partial charge is 0.237 e. The highest BCUT2D eigenvalue weighted by Gasteiger charge is 2.32. The summed E-state index contributed by atoms with van der Waals surface area (Å²) in [5, 5.41) is 3.29. The van der Waals surface area contributed by atoms with Gasteiger partial charge in [0.15, 0.2) is 0 Å². The number of nitrogens with zero attached hydrogens (tertiary/aromatic N) is 1. The Labute approximate surface area is 116 Å². The van der Waals surface area contributed by atoms with Crippen LogP contribution in [-0.2, 0) is 9.53 Å². The minimum Gasteiger partial charge on any atom is -0.380 e. The third-order valence-corrected chi connectivity index (χ3v) is 3.87. The van der Waals surface area contributed by atoms with Crippen molar-refractivity contribution in [3.63, 3.8) is 0 Å². The number of nitrogens with one attached hydrogen (secondary N) is 1. The zero-order chi connectivity index (χ0) is 14.5. The van der Waals surface area contributed by atoms with Crippen LogP contribution in [0.2, 0.25) is 0 Å². The highest BCUT2D eigenvalue weighted by atomic mass is 16.5. The lowest BCUT2D eigenvalue weighted by Gasteiger charge is -2.36. The van der Waals surface area contributed by atoms with Crippen LogP contribution in [0.25, 0.3) is 0 Å². The van der Waals surface area contributed by atoms with Crippen molar-refractivity contribution in [2.75, 3.05) is 26.7 Å². The Hall–Kier alpha value is -0.650. The van der Waals surface area contributed by atoms with E-state index < -0.39 is 5.54 Å². The molecule has 2 unspecified atom stereocenters. The Balaban J connectivity index is 2.49. The van der Waals surface area contributed by atoms with Crippen molar-refractivity contribution < 1.29 is 9.53 Å². The Kier molecular flexibility index (Phi) is 6.23. The molecule has 0 aliphatic carbocycles. The van der Waals surface area contributed by atoms with E-state index in [9.17, 15) is 4.79 Å². The van der Waals surface area contributed by atoms with Crippen LogP contribution in [0.4, 0.5) is 0 Å². The van der Waals surface area contributed by atoms with Crippen LogP contribution in [0, 0.1) is 0 Å². The van der Waals surface area contributed by atoms with E-state index in [1.807, 2.05) is 20.8 Å². The number of hydrogen-bond donors (Lipinski definition) is 2. The summed E-state index contributed by atoms with van der Waals surface area (Å²) in [7, 11) is 1.77. The van der Waals surface area contributed by atoms with E-state index in [0.717, 1.165) is 38.9 Å². The number of primary amides is 1. The fourth-order valence-corrected chi connectivity index (χ4v) is 2.69. The van der Waals surface area contributed by atoms with E-state index in [1.54, 1.807) is 7.11 Å². The van der Waals surface area contributed by atoms with E-state index in [-0.39, 0.29) is 11.9 Å². The number of carbonyl (C=O) groups is 1. The van der Waals surface area contributed by atoms with Gasteiger partial charge in [-0.2, -0.15) is 0 Å². The number of rotatable bonds is 7. The number of amides is 1. The van der Waals surface area contributed by atoms with E-state index in [4.69, 9.17) is 10.5 Å². The molecule has 1 aliphatic heterocycles. The predicted molar refractivity (Wildman–Crippen MR) is 77.0 cm³/mol. The van der Waals surface area contributed by atoms with Gasteiger partial charge in [-0.25, -0.2) is 0 Å². The molecule has 0 spiro atoms. The van der Waals surface area contributed by atoms with Crippen molar-refractivity contribution in [3.05, 3.63) is 0 Å². The van der Waals surface area contributed by atoms with Gasteiger partial charge >= 0.3 is 0 Å². The molecule has 0 aromatic rings. The lowest BCUT2D eigenvalue weighted by Crippen LogP contribution is -2.57. The van der Waals surface area contributed by atoms with Gasteiger partial charge in [0.05, 0.1) is 11.6 Å². The molecule has 3 N–H and O–H groups in total. The van der Waals surface area contributed by atoms with Gasteiger partial charge in [0, 0.05) is 26.2 Å². The largest absolute Gasteiger partial charge is 0.380 e. The van der Waals surface area contributed by atoms with Crippen molar-refractivity contribution in [2.24, 2.45) is 5.73 Å². The third kappa shape index (κ3) is 5.09. The first-order valence-electron chi connectivity index (χ1n) is 7.20. The van der Waals surface area contributed by atoms with E-state index >= 15 is 0 Å².